The molecule has 1 aromatic heterocycles. The van der Waals surface area contributed by atoms with Crippen LogP contribution in [-0.4, -0.2) is 54.8 Å². The van der Waals surface area contributed by atoms with Gasteiger partial charge in [0.25, 0.3) is 11.8 Å². The molecule has 0 fully saturated rings. The Bertz CT molecular complexity index is 1810. The number of amides is 1. The number of rotatable bonds is 10. The molecule has 4 rings (SSSR count). The fourth-order valence-electron chi connectivity index (χ4n) is 4.42. The zero-order chi connectivity index (χ0) is 33.2. The third-order valence-electron chi connectivity index (χ3n) is 6.59. The fourth-order valence-corrected chi connectivity index (χ4v) is 4.82. The molecule has 0 saturated carbocycles. The number of alkyl halides is 3. The van der Waals surface area contributed by atoms with Gasteiger partial charge in [-0.25, -0.2) is 0 Å². The molecule has 1 unspecified atom stereocenters. The highest BCUT2D eigenvalue weighted by molar-refractivity contribution is 7.87. The van der Waals surface area contributed by atoms with Crippen LogP contribution in [0.15, 0.2) is 66.7 Å². The van der Waals surface area contributed by atoms with Gasteiger partial charge in [0, 0.05) is 23.7 Å². The van der Waals surface area contributed by atoms with Gasteiger partial charge in [0.2, 0.25) is 0 Å². The van der Waals surface area contributed by atoms with Crippen molar-refractivity contribution < 1.29 is 44.8 Å². The first kappa shape index (κ1) is 33.3. The molecule has 1 N–H and O–H groups in total. The Hall–Kier alpha value is -4.59. The first-order chi connectivity index (χ1) is 21.0. The summed E-state index contributed by atoms with van der Waals surface area (Å²) in [6.07, 6.45) is -0.00299. The maximum Gasteiger partial charge on any atom is 0.534 e. The SMILES string of the molecule is COc1ccc2cc(-c3cc(OS(=O)(=O)C(F)(F)F)nn3C(C)c3ccc(C(=O)NCCC(=O)OC(C)(C)C)cc3)ccc2c1. The Morgan fingerprint density at radius 2 is 1.60 bits per heavy atom. The second-order valence-electron chi connectivity index (χ2n) is 11.1. The Labute approximate surface area is 258 Å². The molecular formula is C31H32F3N3O7S. The quantitative estimate of drug-likeness (QED) is 0.126. The first-order valence-electron chi connectivity index (χ1n) is 13.8. The summed E-state index contributed by atoms with van der Waals surface area (Å²) in [5.41, 5.74) is -4.54. The van der Waals surface area contributed by atoms with Gasteiger partial charge in [-0.1, -0.05) is 30.3 Å². The maximum atomic E-state index is 13.1. The van der Waals surface area contributed by atoms with Crippen LogP contribution in [0.2, 0.25) is 0 Å². The molecule has 14 heteroatoms. The molecular weight excluding hydrogens is 615 g/mol. The van der Waals surface area contributed by atoms with Gasteiger partial charge >= 0.3 is 21.6 Å². The summed E-state index contributed by atoms with van der Waals surface area (Å²) in [7, 11) is -4.43. The largest absolute Gasteiger partial charge is 0.534 e. The third-order valence-corrected chi connectivity index (χ3v) is 7.55. The molecule has 1 amide bonds. The van der Waals surface area contributed by atoms with Gasteiger partial charge in [0.15, 0.2) is 0 Å². The molecule has 0 spiro atoms. The van der Waals surface area contributed by atoms with Crippen LogP contribution in [0.5, 0.6) is 11.6 Å². The molecule has 0 bridgehead atoms. The van der Waals surface area contributed by atoms with Gasteiger partial charge in [-0.05, 0) is 74.4 Å². The van der Waals surface area contributed by atoms with E-state index in [2.05, 4.69) is 14.6 Å². The zero-order valence-electron chi connectivity index (χ0n) is 25.1. The smallest absolute Gasteiger partial charge is 0.497 e. The van der Waals surface area contributed by atoms with Gasteiger partial charge in [-0.2, -0.15) is 21.6 Å². The van der Waals surface area contributed by atoms with Gasteiger partial charge in [0.05, 0.1) is 25.3 Å². The first-order valence-corrected chi connectivity index (χ1v) is 15.2. The van der Waals surface area contributed by atoms with Crippen LogP contribution in [0, 0.1) is 0 Å². The molecule has 0 aliphatic carbocycles. The van der Waals surface area contributed by atoms with Crippen molar-refractivity contribution in [3.63, 3.8) is 0 Å². The van der Waals surface area contributed by atoms with Crippen LogP contribution in [0.25, 0.3) is 22.0 Å². The predicted molar refractivity (Wildman–Crippen MR) is 160 cm³/mol. The summed E-state index contributed by atoms with van der Waals surface area (Å²) in [5, 5.41) is 8.37. The third kappa shape index (κ3) is 8.12. The minimum atomic E-state index is -5.97. The standard InChI is InChI=1S/C31H32F3N3O7S/c1-19(20-6-8-21(9-7-20)29(39)35-15-14-28(38)43-30(2,3)4)37-26(18-27(36-37)44-45(40,41)31(32,33)34)24-11-10-23-17-25(42-5)13-12-22(23)16-24/h6-13,16-19H,14-15H2,1-5H3,(H,35,39). The molecule has 0 aliphatic rings. The van der Waals surface area contributed by atoms with E-state index in [1.807, 2.05) is 12.1 Å². The minimum absolute atomic E-state index is 0.00299. The number of aromatic nitrogens is 2. The average molecular weight is 648 g/mol. The number of carbonyl (C=O) groups excluding carboxylic acids is 2. The summed E-state index contributed by atoms with van der Waals surface area (Å²) in [4.78, 5) is 24.5. The lowest BCUT2D eigenvalue weighted by atomic mass is 10.0. The van der Waals surface area contributed by atoms with Crippen molar-refractivity contribution in [2.75, 3.05) is 13.7 Å². The molecule has 0 saturated heterocycles. The van der Waals surface area contributed by atoms with Gasteiger partial charge in [-0.3, -0.25) is 14.3 Å². The van der Waals surface area contributed by atoms with Gasteiger partial charge in [0.1, 0.15) is 11.4 Å². The van der Waals surface area contributed by atoms with Crippen molar-refractivity contribution in [1.29, 1.82) is 0 Å². The molecule has 1 heterocycles. The Morgan fingerprint density at radius 3 is 2.22 bits per heavy atom. The number of hydrogen-bond acceptors (Lipinski definition) is 8. The summed E-state index contributed by atoms with van der Waals surface area (Å²) in [6.45, 7) is 7.02. The van der Waals surface area contributed by atoms with E-state index in [1.54, 1.807) is 76.2 Å². The van der Waals surface area contributed by atoms with Crippen molar-refractivity contribution in [3.05, 3.63) is 77.9 Å². The average Bonchev–Trinajstić information content (AvgIpc) is 3.37. The molecule has 1 atom stereocenters. The van der Waals surface area contributed by atoms with Crippen molar-refractivity contribution >= 4 is 32.8 Å². The lowest BCUT2D eigenvalue weighted by molar-refractivity contribution is -0.154. The van der Waals surface area contributed by atoms with Crippen molar-refractivity contribution in [2.24, 2.45) is 0 Å². The van der Waals surface area contributed by atoms with Crippen molar-refractivity contribution in [3.8, 4) is 22.9 Å². The molecule has 0 aliphatic heterocycles. The molecule has 0 radical (unpaired) electrons. The number of fused-ring (bicyclic) bond motifs is 1. The number of hydrogen-bond donors (Lipinski definition) is 1. The Kier molecular flexibility index (Phi) is 9.47. The molecule has 240 valence electrons. The minimum Gasteiger partial charge on any atom is -0.497 e. The van der Waals surface area contributed by atoms with Crippen LogP contribution in [0.1, 0.15) is 56.1 Å². The van der Waals surface area contributed by atoms with Gasteiger partial charge in [-0.15, -0.1) is 5.10 Å². The van der Waals surface area contributed by atoms with E-state index in [0.717, 1.165) is 16.8 Å². The molecule has 4 aromatic rings. The second kappa shape index (κ2) is 12.8. The van der Waals surface area contributed by atoms with Crippen LogP contribution in [-0.2, 0) is 19.6 Å². The second-order valence-corrected chi connectivity index (χ2v) is 12.7. The number of ether oxygens (including phenoxy) is 2. The number of nitrogens with one attached hydrogen (secondary N) is 1. The van der Waals surface area contributed by atoms with Crippen molar-refractivity contribution in [1.82, 2.24) is 15.1 Å². The Balaban J connectivity index is 1.61. The van der Waals surface area contributed by atoms with E-state index in [4.69, 9.17) is 9.47 Å². The van der Waals surface area contributed by atoms with Crippen molar-refractivity contribution in [2.45, 2.75) is 51.3 Å². The highest BCUT2D eigenvalue weighted by Gasteiger charge is 2.49. The van der Waals surface area contributed by atoms with E-state index >= 15 is 0 Å². The number of esters is 1. The monoisotopic (exact) mass is 647 g/mol. The van der Waals surface area contributed by atoms with Crippen LogP contribution >= 0.6 is 0 Å². The topological polar surface area (TPSA) is 126 Å². The van der Waals surface area contributed by atoms with Crippen LogP contribution in [0.4, 0.5) is 13.2 Å². The molecule has 45 heavy (non-hydrogen) atoms. The molecule has 3 aromatic carbocycles. The highest BCUT2D eigenvalue weighted by Crippen LogP contribution is 2.34. The summed E-state index contributed by atoms with van der Waals surface area (Å²) < 4.78 is 78.9. The van der Waals surface area contributed by atoms with Crippen LogP contribution in [0.3, 0.4) is 0 Å². The summed E-state index contributed by atoms with van der Waals surface area (Å²) >= 11 is 0. The van der Waals surface area contributed by atoms with Gasteiger partial charge < -0.3 is 19.0 Å². The lowest BCUT2D eigenvalue weighted by Crippen LogP contribution is -2.29. The lowest BCUT2D eigenvalue weighted by Gasteiger charge is -2.19. The van der Waals surface area contributed by atoms with E-state index in [0.29, 0.717) is 22.4 Å². The summed E-state index contributed by atoms with van der Waals surface area (Å²) in [5.74, 6) is -0.981. The molecule has 10 nitrogen and oxygen atoms in total. The Morgan fingerprint density at radius 1 is 0.956 bits per heavy atom. The van der Waals surface area contributed by atoms with E-state index in [1.165, 1.54) is 11.8 Å². The number of methoxy groups -OCH3 is 1. The zero-order valence-corrected chi connectivity index (χ0v) is 26.0. The van der Waals surface area contributed by atoms with E-state index < -0.39 is 45.0 Å². The van der Waals surface area contributed by atoms with Crippen LogP contribution < -0.4 is 14.2 Å². The van der Waals surface area contributed by atoms with E-state index in [-0.39, 0.29) is 18.7 Å². The fraction of sp³-hybridized carbons (Fsp3) is 0.323. The highest BCUT2D eigenvalue weighted by atomic mass is 32.2. The predicted octanol–water partition coefficient (Wildman–Crippen LogP) is 6.01. The number of halogens is 3. The maximum absolute atomic E-state index is 13.1. The number of carbonyl (C=O) groups is 2. The normalized spacial score (nSPS) is 12.9. The number of nitrogens with zero attached hydrogens (tertiary/aromatic N) is 2. The van der Waals surface area contributed by atoms with E-state index in [9.17, 15) is 31.2 Å². The summed E-state index contributed by atoms with van der Waals surface area (Å²) in [6, 6.07) is 17.5. The number of benzene rings is 3.